The van der Waals surface area contributed by atoms with Crippen molar-refractivity contribution < 1.29 is 28.2 Å². The van der Waals surface area contributed by atoms with E-state index >= 15 is 0 Å². The molecular formula is C18H32ClO6P2+. The van der Waals surface area contributed by atoms with Gasteiger partial charge in [-0.05, 0) is 64.0 Å². The molecule has 0 aliphatic rings. The normalized spacial score (nSPS) is 14.9. The lowest BCUT2D eigenvalue weighted by Gasteiger charge is -2.06. The highest BCUT2D eigenvalue weighted by Gasteiger charge is 2.33. The third kappa shape index (κ3) is 18.8. The van der Waals surface area contributed by atoms with Crippen LogP contribution in [0.1, 0.15) is 53.4 Å². The minimum absolute atomic E-state index is 0.159. The zero-order chi connectivity index (χ0) is 20.9. The standard InChI is InChI=1S/C18H31ClO6P2/c1-15(2)7-5-8-16(3)9-6-10-18(19)11-12-24-13-17(4)25-26(20)14-27(21,22)23/h7,9,11,17H,5-6,8,10,12-14H2,1-4H3,(H-,21,22,23)/p+1. The summed E-state index contributed by atoms with van der Waals surface area (Å²) in [4.78, 5) is 17.5. The summed E-state index contributed by atoms with van der Waals surface area (Å²) in [6, 6.07) is 0. The maximum atomic E-state index is 11.4. The van der Waals surface area contributed by atoms with Crippen molar-refractivity contribution in [3.05, 3.63) is 34.4 Å². The van der Waals surface area contributed by atoms with Gasteiger partial charge in [0.05, 0.1) is 13.2 Å². The van der Waals surface area contributed by atoms with E-state index in [0.29, 0.717) is 11.6 Å². The summed E-state index contributed by atoms with van der Waals surface area (Å²) in [6.07, 6.45) is 9.40. The molecule has 0 amide bonds. The van der Waals surface area contributed by atoms with Crippen molar-refractivity contribution in [2.45, 2.75) is 59.5 Å². The second-order valence-corrected chi connectivity index (χ2v) is 10.5. The van der Waals surface area contributed by atoms with Gasteiger partial charge >= 0.3 is 15.6 Å². The number of hydrogen-bond acceptors (Lipinski definition) is 4. The third-order valence-electron chi connectivity index (χ3n) is 3.34. The molecule has 2 unspecified atom stereocenters. The zero-order valence-corrected chi connectivity index (χ0v) is 19.1. The van der Waals surface area contributed by atoms with Crippen molar-refractivity contribution in [2.24, 2.45) is 0 Å². The fourth-order valence-corrected chi connectivity index (χ4v) is 4.15. The SMILES string of the molecule is CC(C)=CCCC(C)=CCCC(Cl)=CCOCC(C)O[P+](=O)CP(=O)(O)O. The Balaban J connectivity index is 3.97. The highest BCUT2D eigenvalue weighted by Crippen LogP contribution is 2.45. The molecule has 0 heterocycles. The van der Waals surface area contributed by atoms with Gasteiger partial charge in [-0.3, -0.25) is 4.57 Å². The lowest BCUT2D eigenvalue weighted by molar-refractivity contribution is 0.0783. The van der Waals surface area contributed by atoms with E-state index in [4.69, 9.17) is 30.6 Å². The van der Waals surface area contributed by atoms with Gasteiger partial charge in [0.25, 0.3) is 5.90 Å². The van der Waals surface area contributed by atoms with Crippen molar-refractivity contribution in [3.8, 4) is 0 Å². The van der Waals surface area contributed by atoms with Crippen LogP contribution in [0.4, 0.5) is 0 Å². The molecule has 0 spiro atoms. The first-order chi connectivity index (χ1) is 12.5. The summed E-state index contributed by atoms with van der Waals surface area (Å²) in [5, 5.41) is 0.712. The van der Waals surface area contributed by atoms with Crippen LogP contribution >= 0.6 is 27.2 Å². The zero-order valence-electron chi connectivity index (χ0n) is 16.6. The van der Waals surface area contributed by atoms with Gasteiger partial charge in [-0.15, -0.1) is 4.52 Å². The molecule has 6 nitrogen and oxygen atoms in total. The summed E-state index contributed by atoms with van der Waals surface area (Å²) in [7, 11) is -6.74. The Morgan fingerprint density at radius 1 is 1.15 bits per heavy atom. The molecule has 0 aromatic heterocycles. The van der Waals surface area contributed by atoms with Gasteiger partial charge in [0.1, 0.15) is 6.10 Å². The average molecular weight is 442 g/mol. The van der Waals surface area contributed by atoms with E-state index in [0.717, 1.165) is 25.7 Å². The van der Waals surface area contributed by atoms with E-state index in [1.165, 1.54) is 11.1 Å². The molecule has 0 aromatic carbocycles. The molecule has 0 radical (unpaired) electrons. The average Bonchev–Trinajstić information content (AvgIpc) is 2.49. The Morgan fingerprint density at radius 2 is 1.78 bits per heavy atom. The molecule has 0 fully saturated rings. The summed E-state index contributed by atoms with van der Waals surface area (Å²) >= 11 is 6.16. The van der Waals surface area contributed by atoms with E-state index < -0.39 is 27.6 Å². The van der Waals surface area contributed by atoms with Crippen LogP contribution in [0.3, 0.4) is 0 Å². The highest BCUT2D eigenvalue weighted by molar-refractivity contribution is 7.64. The topological polar surface area (TPSA) is 93.1 Å². The Labute approximate surface area is 168 Å². The Bertz CT molecular complexity index is 591. The first kappa shape index (κ1) is 26.7. The van der Waals surface area contributed by atoms with Crippen molar-refractivity contribution in [1.29, 1.82) is 0 Å². The Kier molecular flexibility index (Phi) is 14.5. The van der Waals surface area contributed by atoms with Crippen molar-refractivity contribution in [3.63, 3.8) is 0 Å². The minimum Gasteiger partial charge on any atom is -0.374 e. The Hall–Kier alpha value is -0.320. The second kappa shape index (κ2) is 14.6. The molecule has 0 rings (SSSR count). The molecule has 9 heteroatoms. The number of rotatable bonds is 14. The summed E-state index contributed by atoms with van der Waals surface area (Å²) < 4.78 is 32.5. The first-order valence-electron chi connectivity index (χ1n) is 8.87. The molecule has 0 saturated carbocycles. The van der Waals surface area contributed by atoms with Gasteiger partial charge in [-0.1, -0.05) is 34.9 Å². The molecule has 0 saturated heterocycles. The van der Waals surface area contributed by atoms with Crippen LogP contribution in [-0.2, 0) is 18.4 Å². The van der Waals surface area contributed by atoms with Crippen molar-refractivity contribution in [2.75, 3.05) is 19.1 Å². The van der Waals surface area contributed by atoms with Gasteiger partial charge in [-0.2, -0.15) is 0 Å². The number of ether oxygens (including phenoxy) is 1. The van der Waals surface area contributed by atoms with E-state index in [2.05, 4.69) is 32.9 Å². The summed E-state index contributed by atoms with van der Waals surface area (Å²) in [6.45, 7) is 8.40. The lowest BCUT2D eigenvalue weighted by atomic mass is 10.1. The molecule has 0 aromatic rings. The minimum atomic E-state index is -4.34. The van der Waals surface area contributed by atoms with Crippen molar-refractivity contribution in [1.82, 2.24) is 0 Å². The molecule has 27 heavy (non-hydrogen) atoms. The molecule has 2 N–H and O–H groups in total. The largest absolute Gasteiger partial charge is 0.521 e. The fraction of sp³-hybridized carbons (Fsp3) is 0.667. The van der Waals surface area contributed by atoms with Gasteiger partial charge < -0.3 is 14.5 Å². The number of halogens is 1. The first-order valence-corrected chi connectivity index (χ1v) is 12.4. The van der Waals surface area contributed by atoms with Crippen LogP contribution < -0.4 is 0 Å². The molecule has 2 atom stereocenters. The van der Waals surface area contributed by atoms with Gasteiger partial charge in [0.2, 0.25) is 0 Å². The van der Waals surface area contributed by atoms with Gasteiger partial charge in [0.15, 0.2) is 0 Å². The molecule has 0 bridgehead atoms. The number of allylic oxidation sites excluding steroid dienone is 5. The van der Waals surface area contributed by atoms with E-state index in [1.807, 2.05) is 0 Å². The highest BCUT2D eigenvalue weighted by atomic mass is 35.5. The number of hydrogen-bond donors (Lipinski definition) is 2. The molecule has 0 aliphatic heterocycles. The van der Waals surface area contributed by atoms with Crippen LogP contribution in [0.25, 0.3) is 0 Å². The predicted octanol–water partition coefficient (Wildman–Crippen LogP) is 5.88. The van der Waals surface area contributed by atoms with E-state index in [9.17, 15) is 9.13 Å². The van der Waals surface area contributed by atoms with Crippen LogP contribution in [0, 0.1) is 0 Å². The third-order valence-corrected chi connectivity index (χ3v) is 6.68. The Morgan fingerprint density at radius 3 is 2.37 bits per heavy atom. The van der Waals surface area contributed by atoms with Gasteiger partial charge in [-0.25, -0.2) is 0 Å². The summed E-state index contributed by atoms with van der Waals surface area (Å²) in [5.41, 5.74) is 2.69. The second-order valence-electron chi connectivity index (χ2n) is 6.65. The van der Waals surface area contributed by atoms with Crippen LogP contribution in [0.5, 0.6) is 0 Å². The van der Waals surface area contributed by atoms with Gasteiger partial charge in [0, 0.05) is 5.03 Å². The summed E-state index contributed by atoms with van der Waals surface area (Å²) in [5.74, 6) is -0.778. The maximum absolute atomic E-state index is 11.4. The van der Waals surface area contributed by atoms with Crippen LogP contribution in [0.2, 0.25) is 0 Å². The monoisotopic (exact) mass is 441 g/mol. The molecule has 156 valence electrons. The smallest absolute Gasteiger partial charge is 0.374 e. The molecular weight excluding hydrogens is 410 g/mol. The predicted molar refractivity (Wildman–Crippen MR) is 111 cm³/mol. The van der Waals surface area contributed by atoms with E-state index in [1.54, 1.807) is 13.0 Å². The lowest BCUT2D eigenvalue weighted by Crippen LogP contribution is -2.13. The molecule has 0 aliphatic carbocycles. The van der Waals surface area contributed by atoms with E-state index in [-0.39, 0.29) is 6.61 Å². The maximum Gasteiger partial charge on any atom is 0.521 e. The quantitative estimate of drug-likeness (QED) is 0.198. The van der Waals surface area contributed by atoms with Crippen LogP contribution in [-0.4, -0.2) is 35.0 Å². The van der Waals surface area contributed by atoms with Crippen LogP contribution in [0.15, 0.2) is 34.4 Å². The fourth-order valence-electron chi connectivity index (χ4n) is 2.05. The van der Waals surface area contributed by atoms with Crippen molar-refractivity contribution >= 4 is 27.2 Å².